The minimum absolute atomic E-state index is 0.0427. The zero-order chi connectivity index (χ0) is 13.4. The van der Waals surface area contributed by atoms with E-state index in [1.807, 2.05) is 0 Å². The standard InChI is InChI=1S/C14H21NO4/c16-13(10-3-5-19-6-4-10)15-7-11(9-1-2-9)12(8-15)14(17)18/h9-12H,1-8H2,(H,17,18)/t11-,12+/m1/s1. The second-order valence-corrected chi connectivity index (χ2v) is 6.08. The Morgan fingerprint density at radius 1 is 1.05 bits per heavy atom. The van der Waals surface area contributed by atoms with Crippen molar-refractivity contribution in [2.75, 3.05) is 26.3 Å². The molecule has 0 bridgehead atoms. The number of likely N-dealkylation sites (tertiary alicyclic amines) is 1. The summed E-state index contributed by atoms with van der Waals surface area (Å²) in [5.41, 5.74) is 0. The maximum absolute atomic E-state index is 12.4. The molecule has 3 aliphatic rings. The van der Waals surface area contributed by atoms with Gasteiger partial charge in [0.25, 0.3) is 0 Å². The maximum Gasteiger partial charge on any atom is 0.308 e. The van der Waals surface area contributed by atoms with Crippen LogP contribution < -0.4 is 0 Å². The van der Waals surface area contributed by atoms with E-state index in [0.29, 0.717) is 32.2 Å². The van der Waals surface area contributed by atoms with Gasteiger partial charge in [-0.25, -0.2) is 0 Å². The topological polar surface area (TPSA) is 66.8 Å². The number of hydrogen-bond donors (Lipinski definition) is 1. The van der Waals surface area contributed by atoms with Gasteiger partial charge in [0.05, 0.1) is 5.92 Å². The Balaban J connectivity index is 1.65. The number of carboxylic acids is 1. The van der Waals surface area contributed by atoms with Crippen LogP contribution in [0.5, 0.6) is 0 Å². The lowest BCUT2D eigenvalue weighted by molar-refractivity contribution is -0.143. The number of ether oxygens (including phenoxy) is 1. The smallest absolute Gasteiger partial charge is 0.308 e. The number of carbonyl (C=O) groups excluding carboxylic acids is 1. The number of carboxylic acid groups (broad SMARTS) is 1. The molecule has 2 atom stereocenters. The lowest BCUT2D eigenvalue weighted by atomic mass is 9.92. The predicted octanol–water partition coefficient (Wildman–Crippen LogP) is 0.982. The third kappa shape index (κ3) is 2.61. The quantitative estimate of drug-likeness (QED) is 0.828. The van der Waals surface area contributed by atoms with Crippen LogP contribution in [0.25, 0.3) is 0 Å². The first kappa shape index (κ1) is 12.9. The van der Waals surface area contributed by atoms with Crippen molar-refractivity contribution in [3.05, 3.63) is 0 Å². The molecule has 106 valence electrons. The van der Waals surface area contributed by atoms with Crippen molar-refractivity contribution in [3.63, 3.8) is 0 Å². The average Bonchev–Trinajstić information content (AvgIpc) is 3.17. The van der Waals surface area contributed by atoms with Crippen molar-refractivity contribution in [2.24, 2.45) is 23.7 Å². The zero-order valence-corrected chi connectivity index (χ0v) is 11.1. The zero-order valence-electron chi connectivity index (χ0n) is 11.1. The Labute approximate surface area is 112 Å². The highest BCUT2D eigenvalue weighted by Gasteiger charge is 2.47. The first-order valence-corrected chi connectivity index (χ1v) is 7.26. The first-order valence-electron chi connectivity index (χ1n) is 7.26. The van der Waals surface area contributed by atoms with E-state index in [1.54, 1.807) is 4.90 Å². The van der Waals surface area contributed by atoms with E-state index in [4.69, 9.17) is 4.74 Å². The summed E-state index contributed by atoms with van der Waals surface area (Å²) < 4.78 is 5.28. The van der Waals surface area contributed by atoms with Crippen LogP contribution in [0.2, 0.25) is 0 Å². The molecule has 1 amide bonds. The van der Waals surface area contributed by atoms with Crippen molar-refractivity contribution >= 4 is 11.9 Å². The summed E-state index contributed by atoms with van der Waals surface area (Å²) in [4.78, 5) is 25.6. The van der Waals surface area contributed by atoms with Crippen LogP contribution in [-0.2, 0) is 14.3 Å². The van der Waals surface area contributed by atoms with E-state index in [-0.39, 0.29) is 23.7 Å². The first-order chi connectivity index (χ1) is 9.16. The van der Waals surface area contributed by atoms with Crippen molar-refractivity contribution in [1.29, 1.82) is 0 Å². The third-order valence-corrected chi connectivity index (χ3v) is 4.79. The molecule has 0 aromatic heterocycles. The molecule has 3 fully saturated rings. The average molecular weight is 267 g/mol. The molecule has 2 heterocycles. The summed E-state index contributed by atoms with van der Waals surface area (Å²) in [6, 6.07) is 0. The minimum atomic E-state index is -0.737. The fourth-order valence-electron chi connectivity index (χ4n) is 3.47. The highest BCUT2D eigenvalue weighted by molar-refractivity contribution is 5.81. The molecule has 1 aliphatic carbocycles. The molecule has 1 N–H and O–H groups in total. The summed E-state index contributed by atoms with van der Waals surface area (Å²) in [7, 11) is 0. The summed E-state index contributed by atoms with van der Waals surface area (Å²) >= 11 is 0. The number of amides is 1. The van der Waals surface area contributed by atoms with Crippen LogP contribution >= 0.6 is 0 Å². The van der Waals surface area contributed by atoms with Gasteiger partial charge in [0.15, 0.2) is 0 Å². The van der Waals surface area contributed by atoms with Crippen molar-refractivity contribution in [3.8, 4) is 0 Å². The summed E-state index contributed by atoms with van der Waals surface area (Å²) in [6.45, 7) is 2.36. The molecule has 0 aromatic carbocycles. The van der Waals surface area contributed by atoms with Crippen LogP contribution in [0, 0.1) is 23.7 Å². The molecule has 5 heteroatoms. The van der Waals surface area contributed by atoms with E-state index in [2.05, 4.69) is 0 Å². The lowest BCUT2D eigenvalue weighted by Crippen LogP contribution is -2.37. The number of nitrogens with zero attached hydrogens (tertiary/aromatic N) is 1. The third-order valence-electron chi connectivity index (χ3n) is 4.79. The fraction of sp³-hybridized carbons (Fsp3) is 0.857. The van der Waals surface area contributed by atoms with Crippen molar-refractivity contribution in [2.45, 2.75) is 25.7 Å². The summed E-state index contributed by atoms with van der Waals surface area (Å²) in [5, 5.41) is 9.31. The maximum atomic E-state index is 12.4. The molecule has 2 aliphatic heterocycles. The van der Waals surface area contributed by atoms with Gasteiger partial charge in [-0.1, -0.05) is 0 Å². The highest BCUT2D eigenvalue weighted by atomic mass is 16.5. The number of rotatable bonds is 3. The van der Waals surface area contributed by atoms with Gasteiger partial charge in [0.1, 0.15) is 0 Å². The van der Waals surface area contributed by atoms with Gasteiger partial charge in [0.2, 0.25) is 5.91 Å². The molecule has 2 saturated heterocycles. The Hall–Kier alpha value is -1.10. The van der Waals surface area contributed by atoms with Gasteiger partial charge in [-0.3, -0.25) is 9.59 Å². The predicted molar refractivity (Wildman–Crippen MR) is 67.5 cm³/mol. The minimum Gasteiger partial charge on any atom is -0.481 e. The van der Waals surface area contributed by atoms with E-state index in [9.17, 15) is 14.7 Å². The van der Waals surface area contributed by atoms with E-state index < -0.39 is 5.97 Å². The molecule has 3 rings (SSSR count). The largest absolute Gasteiger partial charge is 0.481 e. The summed E-state index contributed by atoms with van der Waals surface area (Å²) in [6.07, 6.45) is 3.82. The molecule has 5 nitrogen and oxygen atoms in total. The molecule has 0 radical (unpaired) electrons. The van der Waals surface area contributed by atoms with Gasteiger partial charge in [-0.2, -0.15) is 0 Å². The van der Waals surface area contributed by atoms with E-state index in [0.717, 1.165) is 25.7 Å². The highest BCUT2D eigenvalue weighted by Crippen LogP contribution is 2.44. The summed E-state index contributed by atoms with van der Waals surface area (Å²) in [5.74, 6) is -0.177. The van der Waals surface area contributed by atoms with Crippen LogP contribution in [0.15, 0.2) is 0 Å². The second-order valence-electron chi connectivity index (χ2n) is 6.08. The molecule has 19 heavy (non-hydrogen) atoms. The van der Waals surface area contributed by atoms with Gasteiger partial charge >= 0.3 is 5.97 Å². The Kier molecular flexibility index (Phi) is 3.48. The monoisotopic (exact) mass is 267 g/mol. The van der Waals surface area contributed by atoms with Crippen LogP contribution in [0.1, 0.15) is 25.7 Å². The van der Waals surface area contributed by atoms with E-state index >= 15 is 0 Å². The number of aliphatic carboxylic acids is 1. The van der Waals surface area contributed by atoms with Gasteiger partial charge in [-0.05, 0) is 37.5 Å². The Bertz CT molecular complexity index is 374. The molecular formula is C14H21NO4. The van der Waals surface area contributed by atoms with Gasteiger partial charge in [0, 0.05) is 32.2 Å². The number of hydrogen-bond acceptors (Lipinski definition) is 3. The molecule has 0 unspecified atom stereocenters. The normalized spacial score (nSPS) is 32.5. The van der Waals surface area contributed by atoms with Crippen LogP contribution in [0.3, 0.4) is 0 Å². The van der Waals surface area contributed by atoms with Crippen molar-refractivity contribution in [1.82, 2.24) is 4.90 Å². The molecular weight excluding hydrogens is 246 g/mol. The molecule has 0 spiro atoms. The fourth-order valence-corrected chi connectivity index (χ4v) is 3.47. The van der Waals surface area contributed by atoms with Gasteiger partial charge in [-0.15, -0.1) is 0 Å². The van der Waals surface area contributed by atoms with Crippen LogP contribution in [0.4, 0.5) is 0 Å². The molecule has 1 saturated carbocycles. The second kappa shape index (κ2) is 5.12. The SMILES string of the molecule is O=C(O)[C@H]1CN(C(=O)C2CCOCC2)C[C@@H]1C1CC1. The molecule has 0 aromatic rings. The Morgan fingerprint density at radius 3 is 2.32 bits per heavy atom. The van der Waals surface area contributed by atoms with Crippen LogP contribution in [-0.4, -0.2) is 48.2 Å². The van der Waals surface area contributed by atoms with Crippen molar-refractivity contribution < 1.29 is 19.4 Å². The lowest BCUT2D eigenvalue weighted by Gasteiger charge is -2.26. The van der Waals surface area contributed by atoms with E-state index in [1.165, 1.54) is 0 Å². The van der Waals surface area contributed by atoms with Gasteiger partial charge < -0.3 is 14.7 Å². The Morgan fingerprint density at radius 2 is 1.74 bits per heavy atom. The number of carbonyl (C=O) groups is 2.